The fraction of sp³-hybridized carbons (Fsp3) is 0.118. The molecule has 7 heteroatoms. The maximum atomic E-state index is 12.7. The van der Waals surface area contributed by atoms with Crippen LogP contribution < -0.4 is 10.9 Å². The molecule has 0 amide bonds. The van der Waals surface area contributed by atoms with Gasteiger partial charge in [-0.3, -0.25) is 9.36 Å². The molecular weight excluding hydrogens is 340 g/mol. The highest BCUT2D eigenvalue weighted by molar-refractivity contribution is 7.98. The number of rotatable bonds is 7. The zero-order valence-electron chi connectivity index (χ0n) is 12.9. The quantitative estimate of drug-likeness (QED) is 0.513. The lowest BCUT2D eigenvalue weighted by Crippen LogP contribution is -2.26. The van der Waals surface area contributed by atoms with Gasteiger partial charge in [0.1, 0.15) is 0 Å². The predicted octanol–water partition coefficient (Wildman–Crippen LogP) is 3.92. The van der Waals surface area contributed by atoms with Crippen molar-refractivity contribution >= 4 is 34.6 Å². The van der Waals surface area contributed by atoms with Gasteiger partial charge in [-0.1, -0.05) is 42.1 Å². The van der Waals surface area contributed by atoms with Crippen LogP contribution in [0.2, 0.25) is 0 Å². The third kappa shape index (κ3) is 3.93. The Bertz CT molecular complexity index is 860. The largest absolute Gasteiger partial charge is 0.334 e. The summed E-state index contributed by atoms with van der Waals surface area (Å²) in [5, 5.41) is 13.9. The van der Waals surface area contributed by atoms with Crippen LogP contribution in [0.4, 0.5) is 11.5 Å². The molecule has 0 atom stereocenters. The number of hydrogen-bond donors (Lipinski definition) is 1. The number of thioether (sulfide) groups is 1. The average molecular weight is 356 g/mol. The second-order valence-corrected chi connectivity index (χ2v) is 6.87. The van der Waals surface area contributed by atoms with Crippen molar-refractivity contribution in [1.82, 2.24) is 14.8 Å². The van der Waals surface area contributed by atoms with Crippen molar-refractivity contribution in [3.63, 3.8) is 0 Å². The third-order valence-corrected chi connectivity index (χ3v) is 5.26. The van der Waals surface area contributed by atoms with E-state index in [-0.39, 0.29) is 11.4 Å². The van der Waals surface area contributed by atoms with Gasteiger partial charge < -0.3 is 5.32 Å². The molecule has 0 aliphatic rings. The first-order valence-corrected chi connectivity index (χ1v) is 9.20. The van der Waals surface area contributed by atoms with Crippen LogP contribution in [0.25, 0.3) is 0 Å². The molecule has 1 N–H and O–H groups in total. The Morgan fingerprint density at radius 1 is 1.21 bits per heavy atom. The minimum absolute atomic E-state index is 0.206. The molecule has 122 valence electrons. The zero-order valence-corrected chi connectivity index (χ0v) is 14.5. The van der Waals surface area contributed by atoms with Gasteiger partial charge in [0.05, 0.1) is 0 Å². The summed E-state index contributed by atoms with van der Waals surface area (Å²) in [6.07, 6.45) is 1.69. The van der Waals surface area contributed by atoms with Gasteiger partial charge in [-0.15, -0.1) is 28.1 Å². The number of allylic oxidation sites excluding steroid dienone is 1. The van der Waals surface area contributed by atoms with E-state index in [1.807, 2.05) is 41.8 Å². The topological polar surface area (TPSA) is 59.8 Å². The van der Waals surface area contributed by atoms with Gasteiger partial charge in [-0.2, -0.15) is 0 Å². The highest BCUT2D eigenvalue weighted by Crippen LogP contribution is 2.23. The van der Waals surface area contributed by atoms with Crippen LogP contribution in [-0.2, 0) is 12.3 Å². The van der Waals surface area contributed by atoms with E-state index in [2.05, 4.69) is 28.2 Å². The number of para-hydroxylation sites is 1. The van der Waals surface area contributed by atoms with E-state index >= 15 is 0 Å². The molecule has 0 fully saturated rings. The summed E-state index contributed by atoms with van der Waals surface area (Å²) in [4.78, 5) is 13.9. The Kier molecular flexibility index (Phi) is 5.45. The van der Waals surface area contributed by atoms with E-state index in [4.69, 9.17) is 0 Å². The molecule has 0 unspecified atom stereocenters. The number of benzene rings is 1. The Morgan fingerprint density at radius 3 is 2.75 bits per heavy atom. The highest BCUT2D eigenvalue weighted by Gasteiger charge is 2.12. The minimum Gasteiger partial charge on any atom is -0.334 e. The van der Waals surface area contributed by atoms with Gasteiger partial charge in [0.2, 0.25) is 5.82 Å². The minimum atomic E-state index is -0.206. The smallest absolute Gasteiger partial charge is 0.297 e. The molecule has 0 saturated heterocycles. The monoisotopic (exact) mass is 356 g/mol. The molecule has 3 aromatic rings. The standard InChI is InChI=1S/C17H16N4OS2/c1-2-10-21-16(22)15(18-13-7-4-3-5-8-13)19-20-17(21)24-12-14-9-6-11-23-14/h2-9,11H,1,10,12H2,(H,18,19). The van der Waals surface area contributed by atoms with Crippen LogP contribution in [0.5, 0.6) is 0 Å². The van der Waals surface area contributed by atoms with Gasteiger partial charge in [-0.05, 0) is 23.6 Å². The first kappa shape index (κ1) is 16.5. The molecule has 0 aliphatic carbocycles. The summed E-state index contributed by atoms with van der Waals surface area (Å²) in [7, 11) is 0. The van der Waals surface area contributed by atoms with E-state index in [0.717, 1.165) is 11.4 Å². The summed E-state index contributed by atoms with van der Waals surface area (Å²) in [6, 6.07) is 13.5. The third-order valence-electron chi connectivity index (χ3n) is 3.19. The van der Waals surface area contributed by atoms with Gasteiger partial charge >= 0.3 is 0 Å². The second-order valence-electron chi connectivity index (χ2n) is 4.89. The lowest BCUT2D eigenvalue weighted by atomic mass is 10.3. The fourth-order valence-corrected chi connectivity index (χ4v) is 3.79. The Labute approximate surface area is 148 Å². The molecule has 0 bridgehead atoms. The maximum absolute atomic E-state index is 12.7. The van der Waals surface area contributed by atoms with E-state index < -0.39 is 0 Å². The molecule has 5 nitrogen and oxygen atoms in total. The Hall–Kier alpha value is -2.38. The summed E-state index contributed by atoms with van der Waals surface area (Å²) >= 11 is 3.18. The molecule has 2 aromatic heterocycles. The number of aromatic nitrogens is 3. The summed E-state index contributed by atoms with van der Waals surface area (Å²) in [6.45, 7) is 4.12. The van der Waals surface area contributed by atoms with Crippen molar-refractivity contribution in [2.45, 2.75) is 17.5 Å². The Morgan fingerprint density at radius 2 is 2.04 bits per heavy atom. The van der Waals surface area contributed by atoms with Crippen molar-refractivity contribution < 1.29 is 0 Å². The first-order chi connectivity index (χ1) is 11.8. The van der Waals surface area contributed by atoms with Gasteiger partial charge in [0, 0.05) is 22.9 Å². The molecule has 24 heavy (non-hydrogen) atoms. The van der Waals surface area contributed by atoms with Gasteiger partial charge in [0.25, 0.3) is 5.56 Å². The fourth-order valence-electron chi connectivity index (χ4n) is 2.07. The van der Waals surface area contributed by atoms with Gasteiger partial charge in [0.15, 0.2) is 5.16 Å². The average Bonchev–Trinajstić information content (AvgIpc) is 3.12. The lowest BCUT2D eigenvalue weighted by Gasteiger charge is -2.11. The second kappa shape index (κ2) is 7.94. The molecule has 2 heterocycles. The molecule has 0 spiro atoms. The van der Waals surface area contributed by atoms with E-state index in [1.54, 1.807) is 22.0 Å². The van der Waals surface area contributed by atoms with E-state index in [9.17, 15) is 4.79 Å². The van der Waals surface area contributed by atoms with Crippen LogP contribution in [0.3, 0.4) is 0 Å². The predicted molar refractivity (Wildman–Crippen MR) is 100 cm³/mol. The number of nitrogens with zero attached hydrogens (tertiary/aromatic N) is 3. The van der Waals surface area contributed by atoms with Crippen LogP contribution in [0.15, 0.2) is 70.5 Å². The molecule has 0 radical (unpaired) electrons. The molecular formula is C17H16N4OS2. The van der Waals surface area contributed by atoms with Crippen molar-refractivity contribution in [3.05, 3.63) is 75.7 Å². The van der Waals surface area contributed by atoms with Crippen LogP contribution >= 0.6 is 23.1 Å². The zero-order chi connectivity index (χ0) is 16.8. The summed E-state index contributed by atoms with van der Waals surface area (Å²) in [5.74, 6) is 0.970. The number of nitrogens with one attached hydrogen (secondary N) is 1. The van der Waals surface area contributed by atoms with Crippen molar-refractivity contribution in [3.8, 4) is 0 Å². The maximum Gasteiger partial charge on any atom is 0.297 e. The number of anilines is 2. The number of thiophene rings is 1. The van der Waals surface area contributed by atoms with Crippen LogP contribution in [-0.4, -0.2) is 14.8 Å². The summed E-state index contributed by atoms with van der Waals surface area (Å²) < 4.78 is 1.59. The molecule has 1 aromatic carbocycles. The Balaban J connectivity index is 1.86. The normalized spacial score (nSPS) is 10.5. The van der Waals surface area contributed by atoms with E-state index in [1.165, 1.54) is 16.6 Å². The molecule has 0 aliphatic heterocycles. The lowest BCUT2D eigenvalue weighted by molar-refractivity contribution is 0.626. The van der Waals surface area contributed by atoms with Crippen LogP contribution in [0.1, 0.15) is 4.88 Å². The van der Waals surface area contributed by atoms with E-state index in [0.29, 0.717) is 11.7 Å². The molecule has 0 saturated carbocycles. The first-order valence-electron chi connectivity index (χ1n) is 7.33. The van der Waals surface area contributed by atoms with Crippen molar-refractivity contribution in [2.75, 3.05) is 5.32 Å². The highest BCUT2D eigenvalue weighted by atomic mass is 32.2. The SMILES string of the molecule is C=CCn1c(SCc2cccs2)nnc(Nc2ccccc2)c1=O. The van der Waals surface area contributed by atoms with Gasteiger partial charge in [-0.25, -0.2) is 0 Å². The van der Waals surface area contributed by atoms with Crippen molar-refractivity contribution in [1.29, 1.82) is 0 Å². The van der Waals surface area contributed by atoms with Crippen LogP contribution in [0, 0.1) is 0 Å². The molecule has 3 rings (SSSR count). The van der Waals surface area contributed by atoms with Crippen molar-refractivity contribution in [2.24, 2.45) is 0 Å². The summed E-state index contributed by atoms with van der Waals surface area (Å²) in [5.41, 5.74) is 0.593. The number of hydrogen-bond acceptors (Lipinski definition) is 6.